The Morgan fingerprint density at radius 2 is 1.57 bits per heavy atom. The maximum Gasteiger partial charge on any atom is 0.434 e. The fourth-order valence-electron chi connectivity index (χ4n) is 4.47. The van der Waals surface area contributed by atoms with Crippen molar-refractivity contribution in [1.29, 1.82) is 0 Å². The van der Waals surface area contributed by atoms with Gasteiger partial charge in [-0.15, -0.1) is 0 Å². The molecule has 13 heteroatoms. The van der Waals surface area contributed by atoms with E-state index in [1.54, 1.807) is 37.3 Å². The molecule has 0 bridgehead atoms. The fraction of sp³-hybridized carbons (Fsp3) is 0.172. The number of rotatable bonds is 7. The number of oxazole rings is 1. The topological polar surface area (TPSA) is 87.2 Å². The predicted octanol–water partition coefficient (Wildman–Crippen LogP) is 7.50. The van der Waals surface area contributed by atoms with Gasteiger partial charge >= 0.3 is 12.8 Å². The molecule has 0 radical (unpaired) electrons. The maximum atomic E-state index is 13.5. The SMILES string of the molecule is Cc1nc(-c2cc(-c3cccc(S(C)(=O)=O)c3)ccc2-n2cc(C(F)(F)F)nc2C)c(-c2ccc(OC(F)F)cc2)o1. The van der Waals surface area contributed by atoms with E-state index in [-0.39, 0.29) is 33.8 Å². The highest BCUT2D eigenvalue weighted by Gasteiger charge is 2.35. The number of ether oxygens (including phenoxy) is 1. The molecule has 7 nitrogen and oxygen atoms in total. The first-order valence-corrected chi connectivity index (χ1v) is 14.2. The van der Waals surface area contributed by atoms with Crippen LogP contribution in [-0.4, -0.2) is 35.8 Å². The van der Waals surface area contributed by atoms with Crippen molar-refractivity contribution in [3.8, 4) is 45.1 Å². The van der Waals surface area contributed by atoms with Crippen molar-refractivity contribution < 1.29 is 39.5 Å². The second-order valence-electron chi connectivity index (χ2n) is 9.39. The summed E-state index contributed by atoms with van der Waals surface area (Å²) in [5.74, 6) is 0.453. The summed E-state index contributed by atoms with van der Waals surface area (Å²) in [6, 6.07) is 16.8. The van der Waals surface area contributed by atoms with E-state index in [1.165, 1.54) is 47.9 Å². The lowest BCUT2D eigenvalue weighted by atomic mass is 9.98. The van der Waals surface area contributed by atoms with E-state index in [0.29, 0.717) is 27.9 Å². The molecule has 5 rings (SSSR count). The average molecular weight is 604 g/mol. The van der Waals surface area contributed by atoms with E-state index in [1.807, 2.05) is 0 Å². The molecule has 0 N–H and O–H groups in total. The molecule has 0 saturated heterocycles. The van der Waals surface area contributed by atoms with Gasteiger partial charge in [-0.25, -0.2) is 18.4 Å². The molecule has 218 valence electrons. The minimum atomic E-state index is -4.68. The number of aromatic nitrogens is 3. The molecular weight excluding hydrogens is 581 g/mol. The van der Waals surface area contributed by atoms with Crippen molar-refractivity contribution in [2.24, 2.45) is 0 Å². The van der Waals surface area contributed by atoms with E-state index in [4.69, 9.17) is 4.42 Å². The van der Waals surface area contributed by atoms with Gasteiger partial charge in [0, 0.05) is 30.5 Å². The van der Waals surface area contributed by atoms with Crippen LogP contribution in [0.3, 0.4) is 0 Å². The first kappa shape index (κ1) is 29.0. The first-order chi connectivity index (χ1) is 19.7. The van der Waals surface area contributed by atoms with E-state index >= 15 is 0 Å². The lowest BCUT2D eigenvalue weighted by Gasteiger charge is -2.14. The molecule has 0 saturated carbocycles. The number of aryl methyl sites for hydroxylation is 2. The average Bonchev–Trinajstić information content (AvgIpc) is 3.50. The largest absolute Gasteiger partial charge is 0.440 e. The molecule has 0 spiro atoms. The molecule has 5 aromatic rings. The van der Waals surface area contributed by atoms with Crippen LogP contribution in [0, 0.1) is 13.8 Å². The summed E-state index contributed by atoms with van der Waals surface area (Å²) in [6.07, 6.45) is -2.72. The van der Waals surface area contributed by atoms with Crippen LogP contribution < -0.4 is 4.74 Å². The van der Waals surface area contributed by atoms with Crippen molar-refractivity contribution in [3.63, 3.8) is 0 Å². The Labute approximate surface area is 237 Å². The van der Waals surface area contributed by atoms with Gasteiger partial charge < -0.3 is 13.7 Å². The lowest BCUT2D eigenvalue weighted by Crippen LogP contribution is -2.05. The van der Waals surface area contributed by atoms with Gasteiger partial charge in [0.2, 0.25) is 0 Å². The zero-order valence-corrected chi connectivity index (χ0v) is 23.1. The van der Waals surface area contributed by atoms with Crippen molar-refractivity contribution >= 4 is 9.84 Å². The molecule has 2 aromatic heterocycles. The van der Waals surface area contributed by atoms with E-state index in [2.05, 4.69) is 14.7 Å². The third-order valence-electron chi connectivity index (χ3n) is 6.36. The summed E-state index contributed by atoms with van der Waals surface area (Å²) in [6.45, 7) is 0.00882. The summed E-state index contributed by atoms with van der Waals surface area (Å²) in [5, 5.41) is 0. The molecular formula is C29H22F5N3O4S. The number of halogens is 5. The number of sulfone groups is 1. The lowest BCUT2D eigenvalue weighted by molar-refractivity contribution is -0.141. The molecule has 0 fully saturated rings. The number of nitrogens with zero attached hydrogens (tertiary/aromatic N) is 3. The summed E-state index contributed by atoms with van der Waals surface area (Å²) in [5.41, 5.74) is 1.37. The standard InChI is InChI=1S/C29H22F5N3O4S/c1-16-35-25(29(32,33)34)15-37(16)24-12-9-20(19-5-4-6-22(13-19)42(3,38)39)14-23(24)26-27(40-17(2)36-26)18-7-10-21(11-8-18)41-28(30)31/h4-15,28H,1-3H3. The fourth-order valence-corrected chi connectivity index (χ4v) is 5.13. The Morgan fingerprint density at radius 3 is 2.19 bits per heavy atom. The van der Waals surface area contributed by atoms with Crippen molar-refractivity contribution in [1.82, 2.24) is 14.5 Å². The van der Waals surface area contributed by atoms with Crippen molar-refractivity contribution in [2.45, 2.75) is 31.5 Å². The van der Waals surface area contributed by atoms with Crippen LogP contribution in [-0.2, 0) is 16.0 Å². The van der Waals surface area contributed by atoms with Gasteiger partial charge in [0.15, 0.2) is 27.2 Å². The van der Waals surface area contributed by atoms with Crippen LogP contribution >= 0.6 is 0 Å². The zero-order valence-electron chi connectivity index (χ0n) is 22.3. The van der Waals surface area contributed by atoms with Gasteiger partial charge in [-0.3, -0.25) is 0 Å². The normalized spacial score (nSPS) is 12.2. The highest BCUT2D eigenvalue weighted by Crippen LogP contribution is 2.40. The predicted molar refractivity (Wildman–Crippen MR) is 144 cm³/mol. The van der Waals surface area contributed by atoms with Gasteiger partial charge in [0.05, 0.1) is 10.6 Å². The van der Waals surface area contributed by atoms with Gasteiger partial charge in [-0.2, -0.15) is 22.0 Å². The summed E-state index contributed by atoms with van der Waals surface area (Å²) in [4.78, 5) is 8.30. The number of benzene rings is 3. The third kappa shape index (κ3) is 5.91. The summed E-state index contributed by atoms with van der Waals surface area (Å²) < 4.78 is 102. The van der Waals surface area contributed by atoms with Gasteiger partial charge in [0.25, 0.3) is 0 Å². The van der Waals surface area contributed by atoms with Crippen molar-refractivity contribution in [2.75, 3.05) is 6.26 Å². The minimum absolute atomic E-state index is 0.0608. The van der Waals surface area contributed by atoms with E-state index in [9.17, 15) is 30.4 Å². The molecule has 0 aliphatic rings. The van der Waals surface area contributed by atoms with Gasteiger partial charge in [-0.1, -0.05) is 18.2 Å². The molecule has 0 aliphatic carbocycles. The molecule has 42 heavy (non-hydrogen) atoms. The van der Waals surface area contributed by atoms with Crippen LogP contribution in [0.15, 0.2) is 82.2 Å². The summed E-state index contributed by atoms with van der Waals surface area (Å²) in [7, 11) is -3.52. The smallest absolute Gasteiger partial charge is 0.434 e. The second-order valence-corrected chi connectivity index (χ2v) is 11.4. The zero-order chi connectivity index (χ0) is 30.4. The highest BCUT2D eigenvalue weighted by molar-refractivity contribution is 7.90. The molecule has 0 atom stereocenters. The van der Waals surface area contributed by atoms with Crippen LogP contribution in [0.25, 0.3) is 39.4 Å². The monoisotopic (exact) mass is 603 g/mol. The first-order valence-electron chi connectivity index (χ1n) is 12.3. The Hall–Kier alpha value is -4.52. The van der Waals surface area contributed by atoms with Crippen molar-refractivity contribution in [3.05, 3.63) is 90.3 Å². The Balaban J connectivity index is 1.73. The van der Waals surface area contributed by atoms with Crippen LogP contribution in [0.2, 0.25) is 0 Å². The maximum absolute atomic E-state index is 13.5. The Kier molecular flexibility index (Phi) is 7.39. The second kappa shape index (κ2) is 10.7. The quantitative estimate of drug-likeness (QED) is 0.179. The van der Waals surface area contributed by atoms with Crippen LogP contribution in [0.5, 0.6) is 5.75 Å². The van der Waals surface area contributed by atoms with Crippen LogP contribution in [0.1, 0.15) is 17.4 Å². The number of hydrogen-bond donors (Lipinski definition) is 0. The Morgan fingerprint density at radius 1 is 0.905 bits per heavy atom. The summed E-state index contributed by atoms with van der Waals surface area (Å²) >= 11 is 0. The van der Waals surface area contributed by atoms with Gasteiger partial charge in [0.1, 0.15) is 17.3 Å². The molecule has 0 unspecified atom stereocenters. The van der Waals surface area contributed by atoms with Gasteiger partial charge in [-0.05, 0) is 66.6 Å². The number of hydrogen-bond acceptors (Lipinski definition) is 6. The molecule has 0 amide bonds. The molecule has 2 heterocycles. The Bertz CT molecular complexity index is 1880. The molecule has 0 aliphatic heterocycles. The highest BCUT2D eigenvalue weighted by atomic mass is 32.2. The molecule has 3 aromatic carbocycles. The number of alkyl halides is 5. The minimum Gasteiger partial charge on any atom is -0.440 e. The number of imidazole rings is 1. The van der Waals surface area contributed by atoms with E-state index in [0.717, 1.165) is 12.5 Å². The van der Waals surface area contributed by atoms with E-state index < -0.39 is 28.3 Å². The third-order valence-corrected chi connectivity index (χ3v) is 7.47. The van der Waals surface area contributed by atoms with Crippen LogP contribution in [0.4, 0.5) is 22.0 Å².